The first-order chi connectivity index (χ1) is 7.22. The van der Waals surface area contributed by atoms with Gasteiger partial charge in [0.05, 0.1) is 6.26 Å². The maximum absolute atomic E-state index is 10.4. The second kappa shape index (κ2) is 3.49. The van der Waals surface area contributed by atoms with Gasteiger partial charge in [0.15, 0.2) is 12.0 Å². The van der Waals surface area contributed by atoms with Crippen molar-refractivity contribution in [1.82, 2.24) is 0 Å². The average molecular weight is 203 g/mol. The SMILES string of the molecule is Nc1cccc(O)c1-c1coc(C=O)c1. The van der Waals surface area contributed by atoms with E-state index >= 15 is 0 Å². The second-order valence-electron chi connectivity index (χ2n) is 3.10. The van der Waals surface area contributed by atoms with Gasteiger partial charge in [0, 0.05) is 16.8 Å². The number of benzene rings is 1. The normalized spacial score (nSPS) is 10.1. The van der Waals surface area contributed by atoms with Gasteiger partial charge in [-0.1, -0.05) is 6.07 Å². The Morgan fingerprint density at radius 2 is 2.20 bits per heavy atom. The van der Waals surface area contributed by atoms with Crippen molar-refractivity contribution in [2.45, 2.75) is 0 Å². The van der Waals surface area contributed by atoms with Crippen LogP contribution in [0.5, 0.6) is 5.75 Å². The molecule has 0 spiro atoms. The maximum atomic E-state index is 10.4. The van der Waals surface area contributed by atoms with Crippen LogP contribution in [-0.2, 0) is 0 Å². The van der Waals surface area contributed by atoms with Crippen LogP contribution in [0.2, 0.25) is 0 Å². The Bertz CT molecular complexity index is 482. The first-order valence-corrected chi connectivity index (χ1v) is 4.34. The summed E-state index contributed by atoms with van der Waals surface area (Å²) in [6.07, 6.45) is 1.98. The topological polar surface area (TPSA) is 76.5 Å². The highest BCUT2D eigenvalue weighted by molar-refractivity contribution is 5.84. The molecule has 1 aromatic carbocycles. The molecule has 0 aliphatic carbocycles. The summed E-state index contributed by atoms with van der Waals surface area (Å²) in [5, 5.41) is 9.62. The smallest absolute Gasteiger partial charge is 0.185 e. The number of nitrogens with two attached hydrogens (primary N) is 1. The van der Waals surface area contributed by atoms with Gasteiger partial charge in [0.1, 0.15) is 5.75 Å². The van der Waals surface area contributed by atoms with Crippen molar-refractivity contribution < 1.29 is 14.3 Å². The van der Waals surface area contributed by atoms with E-state index in [-0.39, 0.29) is 11.5 Å². The summed E-state index contributed by atoms with van der Waals surface area (Å²) < 4.78 is 4.94. The zero-order chi connectivity index (χ0) is 10.8. The minimum absolute atomic E-state index is 0.0632. The molecule has 0 radical (unpaired) electrons. The molecule has 0 fully saturated rings. The molecular formula is C11H9NO3. The van der Waals surface area contributed by atoms with Crippen molar-refractivity contribution in [2.75, 3.05) is 5.73 Å². The van der Waals surface area contributed by atoms with Gasteiger partial charge in [-0.25, -0.2) is 0 Å². The number of hydrogen-bond acceptors (Lipinski definition) is 4. The summed E-state index contributed by atoms with van der Waals surface area (Å²) in [6.45, 7) is 0. The molecule has 3 N–H and O–H groups in total. The summed E-state index contributed by atoms with van der Waals surface area (Å²) in [4.78, 5) is 10.4. The molecule has 2 aromatic rings. The van der Waals surface area contributed by atoms with Gasteiger partial charge in [0.25, 0.3) is 0 Å². The highest BCUT2D eigenvalue weighted by Crippen LogP contribution is 2.34. The summed E-state index contributed by atoms with van der Waals surface area (Å²) in [5.74, 6) is 0.265. The van der Waals surface area contributed by atoms with Crippen molar-refractivity contribution in [3.05, 3.63) is 36.3 Å². The van der Waals surface area contributed by atoms with Crippen LogP contribution in [0.25, 0.3) is 11.1 Å². The number of anilines is 1. The number of phenols is 1. The molecule has 0 amide bonds. The highest BCUT2D eigenvalue weighted by atomic mass is 16.3. The van der Waals surface area contributed by atoms with Crippen LogP contribution >= 0.6 is 0 Å². The Kier molecular flexibility index (Phi) is 2.17. The van der Waals surface area contributed by atoms with Crippen molar-refractivity contribution in [3.63, 3.8) is 0 Å². The molecule has 2 rings (SSSR count). The molecular weight excluding hydrogens is 194 g/mol. The third-order valence-corrected chi connectivity index (χ3v) is 2.10. The Labute approximate surface area is 85.9 Å². The Hall–Kier alpha value is -2.23. The van der Waals surface area contributed by atoms with E-state index in [0.717, 1.165) is 0 Å². The average Bonchev–Trinajstić information content (AvgIpc) is 2.66. The first-order valence-electron chi connectivity index (χ1n) is 4.34. The van der Waals surface area contributed by atoms with E-state index in [1.165, 1.54) is 18.4 Å². The molecule has 0 saturated heterocycles. The molecule has 15 heavy (non-hydrogen) atoms. The minimum atomic E-state index is 0.0632. The number of aromatic hydroxyl groups is 1. The first kappa shape index (κ1) is 9.33. The molecule has 0 bridgehead atoms. The molecule has 4 nitrogen and oxygen atoms in total. The molecule has 76 valence electrons. The maximum Gasteiger partial charge on any atom is 0.185 e. The van der Waals surface area contributed by atoms with E-state index in [0.29, 0.717) is 23.1 Å². The largest absolute Gasteiger partial charge is 0.507 e. The number of rotatable bonds is 2. The van der Waals surface area contributed by atoms with Gasteiger partial charge in [0.2, 0.25) is 0 Å². The van der Waals surface area contributed by atoms with Gasteiger partial charge in [-0.05, 0) is 18.2 Å². The van der Waals surface area contributed by atoms with E-state index in [1.807, 2.05) is 0 Å². The van der Waals surface area contributed by atoms with E-state index in [9.17, 15) is 9.90 Å². The number of aldehydes is 1. The van der Waals surface area contributed by atoms with Crippen molar-refractivity contribution in [3.8, 4) is 16.9 Å². The lowest BCUT2D eigenvalue weighted by Gasteiger charge is -2.04. The summed E-state index contributed by atoms with van der Waals surface area (Å²) in [6, 6.07) is 6.37. The van der Waals surface area contributed by atoms with E-state index in [1.54, 1.807) is 12.1 Å². The predicted molar refractivity (Wildman–Crippen MR) is 55.6 cm³/mol. The molecule has 0 atom stereocenters. The van der Waals surface area contributed by atoms with Crippen LogP contribution in [0.1, 0.15) is 10.6 Å². The molecule has 1 aromatic heterocycles. The highest BCUT2D eigenvalue weighted by Gasteiger charge is 2.10. The predicted octanol–water partition coefficient (Wildman–Crippen LogP) is 2.05. The van der Waals surface area contributed by atoms with Crippen molar-refractivity contribution in [2.24, 2.45) is 0 Å². The van der Waals surface area contributed by atoms with Crippen molar-refractivity contribution >= 4 is 12.0 Å². The van der Waals surface area contributed by atoms with Gasteiger partial charge in [-0.15, -0.1) is 0 Å². The fourth-order valence-electron chi connectivity index (χ4n) is 1.42. The van der Waals surface area contributed by atoms with Crippen LogP contribution in [0, 0.1) is 0 Å². The quantitative estimate of drug-likeness (QED) is 0.578. The number of nitrogen functional groups attached to an aromatic ring is 1. The lowest BCUT2D eigenvalue weighted by Crippen LogP contribution is -1.88. The summed E-state index contributed by atoms with van der Waals surface area (Å²) in [5.41, 5.74) is 7.22. The molecule has 0 aliphatic heterocycles. The summed E-state index contributed by atoms with van der Waals surface area (Å²) in [7, 11) is 0. The van der Waals surface area contributed by atoms with Crippen molar-refractivity contribution in [1.29, 1.82) is 0 Å². The monoisotopic (exact) mass is 203 g/mol. The van der Waals surface area contributed by atoms with Crippen LogP contribution in [0.3, 0.4) is 0 Å². The standard InChI is InChI=1S/C11H9NO3/c12-9-2-1-3-10(14)11(9)7-4-8(5-13)15-6-7/h1-6,14H,12H2. The molecule has 0 saturated carbocycles. The molecule has 1 heterocycles. The fraction of sp³-hybridized carbons (Fsp3) is 0. The Morgan fingerprint density at radius 1 is 1.40 bits per heavy atom. The second-order valence-corrected chi connectivity index (χ2v) is 3.10. The zero-order valence-electron chi connectivity index (χ0n) is 7.81. The third kappa shape index (κ3) is 1.57. The fourth-order valence-corrected chi connectivity index (χ4v) is 1.42. The third-order valence-electron chi connectivity index (χ3n) is 2.10. The van der Waals surface area contributed by atoms with Gasteiger partial charge in [-0.3, -0.25) is 4.79 Å². The van der Waals surface area contributed by atoms with Crippen LogP contribution in [0.4, 0.5) is 5.69 Å². The molecule has 4 heteroatoms. The number of furan rings is 1. The van der Waals surface area contributed by atoms with E-state index < -0.39 is 0 Å². The minimum Gasteiger partial charge on any atom is -0.507 e. The van der Waals surface area contributed by atoms with Crippen LogP contribution in [0.15, 0.2) is 34.9 Å². The van der Waals surface area contributed by atoms with E-state index in [4.69, 9.17) is 10.2 Å². The Morgan fingerprint density at radius 3 is 2.80 bits per heavy atom. The van der Waals surface area contributed by atoms with Gasteiger partial charge in [-0.2, -0.15) is 0 Å². The van der Waals surface area contributed by atoms with Gasteiger partial charge >= 0.3 is 0 Å². The Balaban J connectivity index is 2.58. The zero-order valence-corrected chi connectivity index (χ0v) is 7.81. The number of phenolic OH excluding ortho intramolecular Hbond substituents is 1. The van der Waals surface area contributed by atoms with Gasteiger partial charge < -0.3 is 15.3 Å². The van der Waals surface area contributed by atoms with Crippen LogP contribution < -0.4 is 5.73 Å². The summed E-state index contributed by atoms with van der Waals surface area (Å²) >= 11 is 0. The van der Waals surface area contributed by atoms with Crippen LogP contribution in [-0.4, -0.2) is 11.4 Å². The number of carbonyl (C=O) groups is 1. The molecule has 0 aliphatic rings. The number of carbonyl (C=O) groups excluding carboxylic acids is 1. The van der Waals surface area contributed by atoms with E-state index in [2.05, 4.69) is 0 Å². The number of hydrogen-bond donors (Lipinski definition) is 2. The lowest BCUT2D eigenvalue weighted by molar-refractivity contribution is 0.110. The lowest BCUT2D eigenvalue weighted by atomic mass is 10.1. The molecule has 0 unspecified atom stereocenters.